The van der Waals surface area contributed by atoms with Gasteiger partial charge in [0.2, 0.25) is 0 Å². The number of likely N-dealkylation sites (N-methyl/N-ethyl adjacent to an activating group) is 1. The van der Waals surface area contributed by atoms with Gasteiger partial charge in [-0.3, -0.25) is 4.79 Å². The number of hydrogen-bond acceptors (Lipinski definition) is 7. The van der Waals surface area contributed by atoms with E-state index < -0.39 is 42.3 Å². The lowest BCUT2D eigenvalue weighted by Gasteiger charge is -2.42. The Bertz CT molecular complexity index is 554. The van der Waals surface area contributed by atoms with Crippen molar-refractivity contribution in [1.82, 2.24) is 4.90 Å². The molecule has 0 amide bonds. The van der Waals surface area contributed by atoms with Gasteiger partial charge in [-0.1, -0.05) is 0 Å². The first-order chi connectivity index (χ1) is 13.7. The molecule has 7 nitrogen and oxygen atoms in total. The monoisotopic (exact) mass is 527 g/mol. The van der Waals surface area contributed by atoms with E-state index in [2.05, 4.69) is 84.0 Å². The predicted octanol–water partition coefficient (Wildman–Crippen LogP) is 5.08. The van der Waals surface area contributed by atoms with Crippen LogP contribution in [-0.4, -0.2) is 79.9 Å². The Labute approximate surface area is 197 Å². The maximum atomic E-state index is 10.4. The first-order valence-electron chi connectivity index (χ1n) is 11.3. The maximum Gasteiger partial charge on any atom is 0.314 e. The lowest BCUT2D eigenvalue weighted by molar-refractivity contribution is -0.133. The van der Waals surface area contributed by atoms with E-state index in [0.29, 0.717) is 6.47 Å². The fourth-order valence-electron chi connectivity index (χ4n) is 4.14. The van der Waals surface area contributed by atoms with Crippen molar-refractivity contribution in [3.05, 3.63) is 0 Å². The molecule has 0 aromatic rings. The lowest BCUT2D eigenvalue weighted by Crippen LogP contribution is -2.58. The Kier molecular flexibility index (Phi) is 12.3. The van der Waals surface area contributed by atoms with Gasteiger partial charge in [0.1, 0.15) is 6.10 Å². The fourth-order valence-corrected chi connectivity index (χ4v) is 27.9. The summed E-state index contributed by atoms with van der Waals surface area (Å²) in [7, 11) is -8.46. The highest BCUT2D eigenvalue weighted by atomic mass is 28.5. The third-order valence-electron chi connectivity index (χ3n) is 4.23. The van der Waals surface area contributed by atoms with Crippen LogP contribution in [0.1, 0.15) is 13.3 Å². The van der Waals surface area contributed by atoms with Crippen LogP contribution in [0.25, 0.3) is 0 Å². The molecular weight excluding hydrogens is 479 g/mol. The first kappa shape index (κ1) is 31.4. The molecule has 0 spiro atoms. The van der Waals surface area contributed by atoms with Crippen LogP contribution in [-0.2, 0) is 26.0 Å². The summed E-state index contributed by atoms with van der Waals surface area (Å²) in [4.78, 5) is 12.6. The molecule has 0 rings (SSSR count). The number of nitrogens with zero attached hydrogens (tertiary/aromatic N) is 1. The molecular formula is C19H49NO6Si5. The highest BCUT2D eigenvalue weighted by molar-refractivity contribution is 6.90. The van der Waals surface area contributed by atoms with Crippen LogP contribution in [0.15, 0.2) is 0 Å². The summed E-state index contributed by atoms with van der Waals surface area (Å²) < 4.78 is 31.1. The van der Waals surface area contributed by atoms with Gasteiger partial charge in [-0.15, -0.1) is 0 Å². The molecule has 0 aliphatic rings. The third kappa shape index (κ3) is 16.6. The van der Waals surface area contributed by atoms with Gasteiger partial charge >= 0.3 is 25.7 Å². The van der Waals surface area contributed by atoms with Gasteiger partial charge in [-0.05, 0) is 105 Å². The number of ether oxygens (including phenoxy) is 1. The van der Waals surface area contributed by atoms with Crippen molar-refractivity contribution < 1.29 is 26.0 Å². The zero-order chi connectivity index (χ0) is 24.7. The van der Waals surface area contributed by atoms with Crippen LogP contribution >= 0.6 is 0 Å². The van der Waals surface area contributed by atoms with E-state index in [-0.39, 0.29) is 6.10 Å². The Hall–Kier alpha value is 0.354. The van der Waals surface area contributed by atoms with Gasteiger partial charge in [0, 0.05) is 6.54 Å². The minimum Gasteiger partial charge on any atom is -0.464 e. The molecule has 0 aromatic carbocycles. The van der Waals surface area contributed by atoms with E-state index in [1.165, 1.54) is 0 Å². The summed E-state index contributed by atoms with van der Waals surface area (Å²) in [5.41, 5.74) is 0. The Morgan fingerprint density at radius 1 is 0.774 bits per heavy atom. The summed E-state index contributed by atoms with van der Waals surface area (Å²) in [5, 5.41) is 0. The second kappa shape index (κ2) is 12.2. The Morgan fingerprint density at radius 2 is 1.23 bits per heavy atom. The average Bonchev–Trinajstić information content (AvgIpc) is 2.39. The van der Waals surface area contributed by atoms with Gasteiger partial charge in [0.15, 0.2) is 16.6 Å². The van der Waals surface area contributed by atoms with E-state index in [1.807, 2.05) is 6.92 Å². The molecule has 31 heavy (non-hydrogen) atoms. The van der Waals surface area contributed by atoms with E-state index >= 15 is 0 Å². The van der Waals surface area contributed by atoms with Crippen LogP contribution < -0.4 is 0 Å². The lowest BCUT2D eigenvalue weighted by atomic mass is 10.3. The molecule has 0 N–H and O–H groups in total. The van der Waals surface area contributed by atoms with Crippen LogP contribution in [0, 0.1) is 0 Å². The van der Waals surface area contributed by atoms with Crippen molar-refractivity contribution in [2.75, 3.05) is 20.1 Å². The Balaban J connectivity index is 4.74. The van der Waals surface area contributed by atoms with Gasteiger partial charge in [0.05, 0.1) is 0 Å². The molecule has 0 bridgehead atoms. The SMILES string of the molecule is CC(CN(C)CCC[Si](C)(C)O[Si](C)(C)O[Si](C)(C)O[Si](C)(C)O[Si](C)(C)C)OC=O. The summed E-state index contributed by atoms with van der Waals surface area (Å²) >= 11 is 0. The number of hydrogen-bond donors (Lipinski definition) is 0. The minimum absolute atomic E-state index is 0.0892. The summed E-state index contributed by atoms with van der Waals surface area (Å²) in [6.07, 6.45) is 0.962. The smallest absolute Gasteiger partial charge is 0.314 e. The number of carbonyl (C=O) groups is 1. The molecule has 0 heterocycles. The van der Waals surface area contributed by atoms with E-state index in [1.54, 1.807) is 0 Å². The van der Waals surface area contributed by atoms with Gasteiger partial charge in [0.25, 0.3) is 6.47 Å². The third-order valence-corrected chi connectivity index (χ3v) is 22.2. The van der Waals surface area contributed by atoms with Crippen LogP contribution in [0.5, 0.6) is 0 Å². The molecule has 0 aliphatic heterocycles. The topological polar surface area (TPSA) is 66.5 Å². The molecule has 0 saturated heterocycles. The number of carbonyl (C=O) groups excluding carboxylic acids is 1. The molecule has 0 radical (unpaired) electrons. The molecule has 12 heteroatoms. The molecule has 0 fully saturated rings. The largest absolute Gasteiger partial charge is 0.464 e. The second-order valence-corrected chi connectivity index (χ2v) is 31.3. The molecule has 1 atom stereocenters. The van der Waals surface area contributed by atoms with Crippen molar-refractivity contribution in [3.63, 3.8) is 0 Å². The van der Waals surface area contributed by atoms with Crippen LogP contribution in [0.3, 0.4) is 0 Å². The van der Waals surface area contributed by atoms with Gasteiger partial charge in [-0.2, -0.15) is 0 Å². The second-order valence-electron chi connectivity index (χ2n) is 11.4. The van der Waals surface area contributed by atoms with E-state index in [9.17, 15) is 4.79 Å². The zero-order valence-electron chi connectivity index (χ0n) is 22.4. The highest BCUT2D eigenvalue weighted by Crippen LogP contribution is 2.27. The molecule has 186 valence electrons. The van der Waals surface area contributed by atoms with Crippen molar-refractivity contribution in [2.24, 2.45) is 0 Å². The fraction of sp³-hybridized carbons (Fsp3) is 0.947. The Morgan fingerprint density at radius 3 is 1.68 bits per heavy atom. The van der Waals surface area contributed by atoms with E-state index in [0.717, 1.165) is 25.6 Å². The zero-order valence-corrected chi connectivity index (χ0v) is 27.4. The average molecular weight is 528 g/mol. The van der Waals surface area contributed by atoms with Crippen molar-refractivity contribution in [2.45, 2.75) is 97.5 Å². The first-order valence-corrected chi connectivity index (χ1v) is 26.2. The summed E-state index contributed by atoms with van der Waals surface area (Å²) in [6, 6.07) is 1.06. The maximum absolute atomic E-state index is 10.4. The van der Waals surface area contributed by atoms with E-state index in [4.69, 9.17) is 21.2 Å². The minimum atomic E-state index is -2.38. The van der Waals surface area contributed by atoms with Crippen molar-refractivity contribution >= 4 is 48.8 Å². The predicted molar refractivity (Wildman–Crippen MR) is 141 cm³/mol. The van der Waals surface area contributed by atoms with Gasteiger partial charge in [-0.25, -0.2) is 0 Å². The quantitative estimate of drug-likeness (QED) is 0.205. The molecule has 0 aliphatic carbocycles. The molecule has 0 aromatic heterocycles. The summed E-state index contributed by atoms with van der Waals surface area (Å²) in [6.45, 7) is 28.0. The molecule has 1 unspecified atom stereocenters. The van der Waals surface area contributed by atoms with Gasteiger partial charge < -0.3 is 26.1 Å². The standard InChI is InChI=1S/C19H49NO6Si5/c1-19(22-18-21)17-20(2)15-14-16-28(6,7)24-30(10,11)26-31(12,13)25-29(8,9)23-27(3,4)5/h18-19H,14-17H2,1-13H3. The number of rotatable bonds is 16. The highest BCUT2D eigenvalue weighted by Gasteiger charge is 2.45. The normalized spacial score (nSPS) is 15.3. The van der Waals surface area contributed by atoms with Crippen LogP contribution in [0.2, 0.25) is 78.1 Å². The van der Waals surface area contributed by atoms with Crippen molar-refractivity contribution in [1.29, 1.82) is 0 Å². The molecule has 0 saturated carbocycles. The summed E-state index contributed by atoms with van der Waals surface area (Å²) in [5.74, 6) is 0. The van der Waals surface area contributed by atoms with Crippen molar-refractivity contribution in [3.8, 4) is 0 Å². The van der Waals surface area contributed by atoms with Crippen LogP contribution in [0.4, 0.5) is 0 Å².